The van der Waals surface area contributed by atoms with Gasteiger partial charge in [0.15, 0.2) is 0 Å². The largest absolute Gasteiger partial charge is 0.480 e. The van der Waals surface area contributed by atoms with Crippen molar-refractivity contribution < 1.29 is 29.3 Å². The van der Waals surface area contributed by atoms with E-state index >= 15 is 0 Å². The number of hydrogen-bond donors (Lipinski definition) is 3. The third-order valence-corrected chi connectivity index (χ3v) is 0.535. The highest BCUT2D eigenvalue weighted by Crippen LogP contribution is 1.68. The number of methoxy groups -OCH3 is 1. The molecular weight excluding hydrogens is 170 g/mol. The number of carboxylic acid groups (broad SMARTS) is 2. The summed E-state index contributed by atoms with van der Waals surface area (Å²) in [6, 6.07) is 0. The molecule has 70 valence electrons. The molecule has 12 heavy (non-hydrogen) atoms. The Bertz CT molecular complexity index is 177. The molecule has 0 saturated carbocycles. The molecule has 0 aromatic carbocycles. The van der Waals surface area contributed by atoms with Crippen LogP contribution < -0.4 is 5.73 Å². The highest BCUT2D eigenvalue weighted by atomic mass is 16.5. The Hall–Kier alpha value is -1.63. The Morgan fingerprint density at radius 2 is 1.67 bits per heavy atom. The van der Waals surface area contributed by atoms with Crippen LogP contribution in [0.2, 0.25) is 0 Å². The van der Waals surface area contributed by atoms with Gasteiger partial charge in [0.2, 0.25) is 0 Å². The summed E-state index contributed by atoms with van der Waals surface area (Å²) >= 11 is 0. The number of carboxylic acids is 2. The maximum absolute atomic E-state index is 9.69. The summed E-state index contributed by atoms with van der Waals surface area (Å²) in [5.74, 6) is -3.77. The Balaban J connectivity index is 0. The van der Waals surface area contributed by atoms with E-state index in [0.717, 1.165) is 7.11 Å². The van der Waals surface area contributed by atoms with Gasteiger partial charge in [0.05, 0.1) is 13.7 Å². The standard InChI is InChI=1S/C3H4O4.C2H5NO2/c1-7-3(6)2(4)5;3-1-2(4)5/h1H3,(H,4,5);1,3H2,(H,4,5). The third kappa shape index (κ3) is 11.2. The molecule has 4 N–H and O–H groups in total. The molecule has 0 fully saturated rings. The van der Waals surface area contributed by atoms with Gasteiger partial charge in [0, 0.05) is 0 Å². The molecule has 0 heterocycles. The lowest BCUT2D eigenvalue weighted by Gasteiger charge is -1.85. The van der Waals surface area contributed by atoms with E-state index in [1.54, 1.807) is 0 Å². The van der Waals surface area contributed by atoms with Crippen molar-refractivity contribution >= 4 is 17.9 Å². The smallest absolute Gasteiger partial charge is 0.417 e. The van der Waals surface area contributed by atoms with Crippen molar-refractivity contribution in [2.45, 2.75) is 0 Å². The first-order valence-corrected chi connectivity index (χ1v) is 2.68. The van der Waals surface area contributed by atoms with Gasteiger partial charge in [-0.3, -0.25) is 4.79 Å². The fraction of sp³-hybridized carbons (Fsp3) is 0.400. The monoisotopic (exact) mass is 179 g/mol. The topological polar surface area (TPSA) is 127 Å². The molecule has 0 aliphatic carbocycles. The first-order valence-electron chi connectivity index (χ1n) is 2.68. The van der Waals surface area contributed by atoms with Crippen LogP contribution in [-0.4, -0.2) is 41.8 Å². The normalized spacial score (nSPS) is 7.50. The number of carbonyl (C=O) groups excluding carboxylic acids is 1. The predicted molar refractivity (Wildman–Crippen MR) is 36.3 cm³/mol. The lowest BCUT2D eigenvalue weighted by molar-refractivity contribution is -0.161. The predicted octanol–water partition coefficient (Wildman–Crippen LogP) is -1.73. The van der Waals surface area contributed by atoms with Gasteiger partial charge in [-0.2, -0.15) is 0 Å². The molecule has 0 aromatic heterocycles. The molecule has 7 nitrogen and oxygen atoms in total. The van der Waals surface area contributed by atoms with Gasteiger partial charge >= 0.3 is 17.9 Å². The van der Waals surface area contributed by atoms with Crippen LogP contribution in [0.5, 0.6) is 0 Å². The second kappa shape index (κ2) is 7.48. The lowest BCUT2D eigenvalue weighted by Crippen LogP contribution is -2.13. The molecule has 7 heteroatoms. The van der Waals surface area contributed by atoms with Crippen LogP contribution in [0.1, 0.15) is 0 Å². The number of aliphatic carboxylic acids is 2. The minimum atomic E-state index is -1.57. The van der Waals surface area contributed by atoms with Crippen LogP contribution in [-0.2, 0) is 19.1 Å². The van der Waals surface area contributed by atoms with Gasteiger partial charge in [0.1, 0.15) is 0 Å². The van der Waals surface area contributed by atoms with E-state index in [1.165, 1.54) is 0 Å². The van der Waals surface area contributed by atoms with Gasteiger partial charge in [0.25, 0.3) is 0 Å². The van der Waals surface area contributed by atoms with E-state index in [1.807, 2.05) is 0 Å². The lowest BCUT2D eigenvalue weighted by atomic mass is 10.7. The highest BCUT2D eigenvalue weighted by molar-refractivity contribution is 6.28. The molecular formula is C5H9NO6. The van der Waals surface area contributed by atoms with E-state index < -0.39 is 17.9 Å². The van der Waals surface area contributed by atoms with Crippen LogP contribution in [0.25, 0.3) is 0 Å². The number of nitrogens with two attached hydrogens (primary N) is 1. The molecule has 0 aliphatic rings. The Kier molecular flexibility index (Phi) is 8.10. The maximum Gasteiger partial charge on any atom is 0.417 e. The van der Waals surface area contributed by atoms with Crippen molar-refractivity contribution in [2.24, 2.45) is 5.73 Å². The second-order valence-electron chi connectivity index (χ2n) is 1.39. The third-order valence-electron chi connectivity index (χ3n) is 0.535. The summed E-state index contributed by atoms with van der Waals surface area (Å²) in [6.45, 7) is -0.278. The zero-order valence-corrected chi connectivity index (χ0v) is 6.31. The molecule has 0 amide bonds. The zero-order chi connectivity index (χ0) is 10.1. The summed E-state index contributed by atoms with van der Waals surface area (Å²) in [6.07, 6.45) is 0. The molecule has 0 saturated heterocycles. The Morgan fingerprint density at radius 3 is 1.67 bits per heavy atom. The average molecular weight is 179 g/mol. The summed E-state index contributed by atoms with van der Waals surface area (Å²) < 4.78 is 3.77. The highest BCUT2D eigenvalue weighted by Gasteiger charge is 2.08. The molecule has 0 radical (unpaired) electrons. The van der Waals surface area contributed by atoms with Gasteiger partial charge < -0.3 is 20.7 Å². The van der Waals surface area contributed by atoms with Crippen LogP contribution in [0, 0.1) is 0 Å². The molecule has 0 rings (SSSR count). The fourth-order valence-electron chi connectivity index (χ4n) is 0.0873. The van der Waals surface area contributed by atoms with Crippen LogP contribution in [0.4, 0.5) is 0 Å². The van der Waals surface area contributed by atoms with Gasteiger partial charge in [-0.25, -0.2) is 9.59 Å². The van der Waals surface area contributed by atoms with Crippen molar-refractivity contribution in [3.8, 4) is 0 Å². The Labute approximate surface area is 67.7 Å². The van der Waals surface area contributed by atoms with Crippen LogP contribution >= 0.6 is 0 Å². The minimum absolute atomic E-state index is 0.278. The van der Waals surface area contributed by atoms with Crippen molar-refractivity contribution in [1.82, 2.24) is 0 Å². The second-order valence-corrected chi connectivity index (χ2v) is 1.39. The first-order chi connectivity index (χ1) is 5.45. The SMILES string of the molecule is COC(=O)C(=O)O.NCC(=O)O. The van der Waals surface area contributed by atoms with Gasteiger partial charge in [-0.1, -0.05) is 0 Å². The molecule has 0 spiro atoms. The van der Waals surface area contributed by atoms with E-state index in [9.17, 15) is 14.4 Å². The molecule has 0 unspecified atom stereocenters. The Morgan fingerprint density at radius 1 is 1.33 bits per heavy atom. The number of ether oxygens (including phenoxy) is 1. The summed E-state index contributed by atoms with van der Waals surface area (Å²) in [7, 11) is 1.01. The van der Waals surface area contributed by atoms with Gasteiger partial charge in [-0.15, -0.1) is 0 Å². The van der Waals surface area contributed by atoms with E-state index in [2.05, 4.69) is 10.5 Å². The minimum Gasteiger partial charge on any atom is -0.480 e. The van der Waals surface area contributed by atoms with E-state index in [4.69, 9.17) is 10.2 Å². The molecule has 0 bridgehead atoms. The summed E-state index contributed by atoms with van der Waals surface area (Å²) in [5, 5.41) is 15.3. The maximum atomic E-state index is 9.69. The number of rotatable bonds is 1. The van der Waals surface area contributed by atoms with Crippen molar-refractivity contribution in [3.05, 3.63) is 0 Å². The zero-order valence-electron chi connectivity index (χ0n) is 6.31. The van der Waals surface area contributed by atoms with Crippen molar-refractivity contribution in [2.75, 3.05) is 13.7 Å². The molecule has 0 aromatic rings. The van der Waals surface area contributed by atoms with E-state index in [0.29, 0.717) is 0 Å². The van der Waals surface area contributed by atoms with Gasteiger partial charge in [-0.05, 0) is 0 Å². The molecule has 0 atom stereocenters. The first kappa shape index (κ1) is 13.0. The summed E-state index contributed by atoms with van der Waals surface area (Å²) in [4.78, 5) is 28.4. The molecule has 0 aliphatic heterocycles. The number of hydrogen-bond acceptors (Lipinski definition) is 5. The number of carbonyl (C=O) groups is 3. The summed E-state index contributed by atoms with van der Waals surface area (Å²) in [5.41, 5.74) is 4.57. The van der Waals surface area contributed by atoms with Crippen molar-refractivity contribution in [3.63, 3.8) is 0 Å². The van der Waals surface area contributed by atoms with Crippen LogP contribution in [0.3, 0.4) is 0 Å². The van der Waals surface area contributed by atoms with Crippen LogP contribution in [0.15, 0.2) is 0 Å². The number of esters is 1. The quantitative estimate of drug-likeness (QED) is 0.322. The average Bonchev–Trinajstić information content (AvgIpc) is 2.04. The van der Waals surface area contributed by atoms with E-state index in [-0.39, 0.29) is 6.54 Å². The fourth-order valence-corrected chi connectivity index (χ4v) is 0.0873. The van der Waals surface area contributed by atoms with Crippen molar-refractivity contribution in [1.29, 1.82) is 0 Å².